The molecule has 3 aromatic heterocycles. The van der Waals surface area contributed by atoms with Crippen molar-refractivity contribution in [2.75, 3.05) is 20.7 Å². The molecule has 4 rings (SSSR count). The summed E-state index contributed by atoms with van der Waals surface area (Å²) in [6.07, 6.45) is 5.05. The van der Waals surface area contributed by atoms with Crippen molar-refractivity contribution in [3.63, 3.8) is 0 Å². The van der Waals surface area contributed by atoms with Gasteiger partial charge < -0.3 is 24.0 Å². The molecule has 0 radical (unpaired) electrons. The molecule has 1 aromatic carbocycles. The molecule has 0 aliphatic carbocycles. The van der Waals surface area contributed by atoms with Gasteiger partial charge in [0, 0.05) is 60.3 Å². The topological polar surface area (TPSA) is 89.7 Å². The molecule has 0 aliphatic rings. The number of hydrogen-bond acceptors (Lipinski definition) is 7. The maximum atomic E-state index is 13.2. The van der Waals surface area contributed by atoms with Gasteiger partial charge in [-0.2, -0.15) is 0 Å². The molecule has 0 aliphatic heterocycles. The average Bonchev–Trinajstić information content (AvgIpc) is 3.12. The van der Waals surface area contributed by atoms with Crippen LogP contribution in [0.25, 0.3) is 22.0 Å². The van der Waals surface area contributed by atoms with Crippen molar-refractivity contribution in [3.8, 4) is 22.8 Å². The van der Waals surface area contributed by atoms with E-state index in [0.29, 0.717) is 40.2 Å². The number of fused-ring (bicyclic) bond motifs is 1. The van der Waals surface area contributed by atoms with Crippen LogP contribution in [-0.2, 0) is 24.9 Å². The van der Waals surface area contributed by atoms with E-state index in [1.807, 2.05) is 60.9 Å². The molecule has 3 heterocycles. The van der Waals surface area contributed by atoms with Gasteiger partial charge >= 0.3 is 5.97 Å². The average molecular weight is 461 g/mol. The Morgan fingerprint density at radius 3 is 2.65 bits per heavy atom. The number of benzene rings is 1. The van der Waals surface area contributed by atoms with E-state index in [1.165, 1.54) is 0 Å². The molecule has 8 nitrogen and oxygen atoms in total. The minimum absolute atomic E-state index is 0.112. The second-order valence-electron chi connectivity index (χ2n) is 8.18. The fraction of sp³-hybridized carbons (Fsp3) is 0.269. The van der Waals surface area contributed by atoms with E-state index in [1.54, 1.807) is 31.6 Å². The van der Waals surface area contributed by atoms with E-state index in [0.717, 1.165) is 11.1 Å². The van der Waals surface area contributed by atoms with E-state index in [2.05, 4.69) is 9.97 Å². The Labute approximate surface area is 198 Å². The number of ether oxygens (including phenoxy) is 2. The number of esters is 1. The monoisotopic (exact) mass is 460 g/mol. The van der Waals surface area contributed by atoms with Gasteiger partial charge in [0.1, 0.15) is 12.4 Å². The van der Waals surface area contributed by atoms with Crippen molar-refractivity contribution in [1.82, 2.24) is 19.4 Å². The first-order chi connectivity index (χ1) is 16.4. The quantitative estimate of drug-likeness (QED) is 0.395. The van der Waals surface area contributed by atoms with Crippen molar-refractivity contribution in [2.45, 2.75) is 20.1 Å². The van der Waals surface area contributed by atoms with Crippen LogP contribution in [0.4, 0.5) is 0 Å². The fourth-order valence-corrected chi connectivity index (χ4v) is 4.09. The van der Waals surface area contributed by atoms with Crippen molar-refractivity contribution in [3.05, 3.63) is 71.8 Å². The van der Waals surface area contributed by atoms with Gasteiger partial charge in [-0.15, -0.1) is 0 Å². The number of aromatic hydroxyl groups is 1. The zero-order valence-corrected chi connectivity index (χ0v) is 19.8. The Bertz CT molecular complexity index is 1300. The molecule has 0 spiro atoms. The molecule has 0 amide bonds. The normalized spacial score (nSPS) is 11.2. The number of carbonyl (C=O) groups is 1. The number of carbonyl (C=O) groups excluding carboxylic acids is 1. The SMILES string of the molecule is CCOC(=O)c1c(COc2ccccn2)n(C)c2cc(-c3cccnc3)c(O)c(CN(C)C)c12. The Kier molecular flexibility index (Phi) is 6.79. The minimum atomic E-state index is -0.457. The third kappa shape index (κ3) is 4.45. The van der Waals surface area contributed by atoms with Gasteiger partial charge in [-0.1, -0.05) is 12.1 Å². The molecule has 0 unspecified atom stereocenters. The molecular formula is C26H28N4O4. The second-order valence-corrected chi connectivity index (χ2v) is 8.18. The summed E-state index contributed by atoms with van der Waals surface area (Å²) in [6.45, 7) is 2.54. The van der Waals surface area contributed by atoms with Crippen LogP contribution in [0.1, 0.15) is 28.5 Å². The lowest BCUT2D eigenvalue weighted by molar-refractivity contribution is 0.0525. The number of phenols is 1. The van der Waals surface area contributed by atoms with Crippen molar-refractivity contribution in [1.29, 1.82) is 0 Å². The standard InChI is InChI=1S/C26H28N4O4/c1-5-33-26(32)24-21(16-34-22-10-6-7-12-28-22)30(4)20-13-18(17-9-8-11-27-14-17)25(31)19(23(20)24)15-29(2)3/h6-14,31H,5,15-16H2,1-4H3. The third-order valence-corrected chi connectivity index (χ3v) is 5.61. The maximum Gasteiger partial charge on any atom is 0.340 e. The largest absolute Gasteiger partial charge is 0.507 e. The molecule has 4 aromatic rings. The van der Waals surface area contributed by atoms with Crippen LogP contribution in [-0.4, -0.2) is 51.2 Å². The molecule has 1 N–H and O–H groups in total. The van der Waals surface area contributed by atoms with Gasteiger partial charge in [0.05, 0.1) is 23.4 Å². The summed E-state index contributed by atoms with van der Waals surface area (Å²) >= 11 is 0. The molecule has 0 atom stereocenters. The Morgan fingerprint density at radius 1 is 1.18 bits per heavy atom. The number of pyridine rings is 2. The summed E-state index contributed by atoms with van der Waals surface area (Å²) in [5.74, 6) is 0.110. The first kappa shape index (κ1) is 23.3. The minimum Gasteiger partial charge on any atom is -0.507 e. The molecule has 0 saturated carbocycles. The Morgan fingerprint density at radius 2 is 2.00 bits per heavy atom. The molecular weight excluding hydrogens is 432 g/mol. The summed E-state index contributed by atoms with van der Waals surface area (Å²) in [5.41, 5.74) is 3.89. The highest BCUT2D eigenvalue weighted by molar-refractivity contribution is 6.09. The number of hydrogen-bond donors (Lipinski definition) is 1. The van der Waals surface area contributed by atoms with Crippen LogP contribution in [0.3, 0.4) is 0 Å². The lowest BCUT2D eigenvalue weighted by Gasteiger charge is -2.17. The second kappa shape index (κ2) is 9.93. The number of nitrogens with zero attached hydrogens (tertiary/aromatic N) is 4. The van der Waals surface area contributed by atoms with E-state index in [-0.39, 0.29) is 19.0 Å². The number of aromatic nitrogens is 3. The first-order valence-electron chi connectivity index (χ1n) is 11.0. The molecule has 176 valence electrons. The highest BCUT2D eigenvalue weighted by atomic mass is 16.5. The Hall–Kier alpha value is -3.91. The predicted molar refractivity (Wildman–Crippen MR) is 130 cm³/mol. The summed E-state index contributed by atoms with van der Waals surface area (Å²) in [4.78, 5) is 23.6. The number of aryl methyl sites for hydroxylation is 1. The van der Waals surface area contributed by atoms with Gasteiger partial charge in [0.2, 0.25) is 5.88 Å². The van der Waals surface area contributed by atoms with E-state index in [4.69, 9.17) is 9.47 Å². The van der Waals surface area contributed by atoms with Crippen LogP contribution in [0.15, 0.2) is 55.0 Å². The molecule has 0 fully saturated rings. The van der Waals surface area contributed by atoms with Crippen molar-refractivity contribution < 1.29 is 19.4 Å². The smallest absolute Gasteiger partial charge is 0.340 e. The van der Waals surface area contributed by atoms with Gasteiger partial charge in [-0.25, -0.2) is 9.78 Å². The zero-order chi connectivity index (χ0) is 24.2. The highest BCUT2D eigenvalue weighted by Crippen LogP contribution is 2.41. The summed E-state index contributed by atoms with van der Waals surface area (Å²) in [6, 6.07) is 11.0. The van der Waals surface area contributed by atoms with E-state index >= 15 is 0 Å². The lowest BCUT2D eigenvalue weighted by Crippen LogP contribution is -2.14. The Balaban J connectivity index is 1.98. The van der Waals surface area contributed by atoms with Crippen LogP contribution >= 0.6 is 0 Å². The van der Waals surface area contributed by atoms with Crippen molar-refractivity contribution in [2.24, 2.45) is 7.05 Å². The van der Waals surface area contributed by atoms with Crippen LogP contribution in [0.2, 0.25) is 0 Å². The lowest BCUT2D eigenvalue weighted by atomic mass is 9.96. The predicted octanol–water partition coefficient (Wildman–Crippen LogP) is 4.16. The number of phenolic OH excluding ortho intramolecular Hbond substituents is 1. The molecule has 0 saturated heterocycles. The van der Waals surface area contributed by atoms with Gasteiger partial charge in [0.15, 0.2) is 0 Å². The molecule has 34 heavy (non-hydrogen) atoms. The van der Waals surface area contributed by atoms with Gasteiger partial charge in [-0.05, 0) is 39.2 Å². The summed E-state index contributed by atoms with van der Waals surface area (Å²) in [7, 11) is 5.71. The van der Waals surface area contributed by atoms with E-state index < -0.39 is 5.97 Å². The zero-order valence-electron chi connectivity index (χ0n) is 19.8. The molecule has 0 bridgehead atoms. The fourth-order valence-electron chi connectivity index (χ4n) is 4.09. The van der Waals surface area contributed by atoms with Crippen LogP contribution in [0, 0.1) is 0 Å². The molecule has 8 heteroatoms. The summed E-state index contributed by atoms with van der Waals surface area (Å²) in [5, 5.41) is 12.0. The van der Waals surface area contributed by atoms with Gasteiger partial charge in [0.25, 0.3) is 0 Å². The van der Waals surface area contributed by atoms with Crippen LogP contribution in [0.5, 0.6) is 11.6 Å². The van der Waals surface area contributed by atoms with Crippen LogP contribution < -0.4 is 4.74 Å². The summed E-state index contributed by atoms with van der Waals surface area (Å²) < 4.78 is 13.3. The van der Waals surface area contributed by atoms with E-state index in [9.17, 15) is 9.90 Å². The maximum absolute atomic E-state index is 13.2. The number of rotatable bonds is 8. The third-order valence-electron chi connectivity index (χ3n) is 5.61. The van der Waals surface area contributed by atoms with Crippen molar-refractivity contribution >= 4 is 16.9 Å². The highest BCUT2D eigenvalue weighted by Gasteiger charge is 2.28. The van der Waals surface area contributed by atoms with Gasteiger partial charge in [-0.3, -0.25) is 4.98 Å². The first-order valence-corrected chi connectivity index (χ1v) is 11.0.